The molecule has 0 aliphatic heterocycles. The zero-order valence-electron chi connectivity index (χ0n) is 12.3. The van der Waals surface area contributed by atoms with E-state index in [9.17, 15) is 4.79 Å². The third-order valence-electron chi connectivity index (χ3n) is 5.97. The van der Waals surface area contributed by atoms with Gasteiger partial charge in [0.1, 0.15) is 5.78 Å². The van der Waals surface area contributed by atoms with Crippen molar-refractivity contribution in [2.75, 3.05) is 0 Å². The summed E-state index contributed by atoms with van der Waals surface area (Å²) < 4.78 is 0. The number of ketones is 1. The largest absolute Gasteiger partial charge is 0.299 e. The molecule has 2 aromatic carbocycles. The molecule has 0 aromatic heterocycles. The first-order chi connectivity index (χ1) is 10.6. The minimum absolute atomic E-state index is 0.0674. The van der Waals surface area contributed by atoms with Gasteiger partial charge in [-0.3, -0.25) is 4.79 Å². The molecule has 1 fully saturated rings. The normalized spacial score (nSPS) is 32.1. The summed E-state index contributed by atoms with van der Waals surface area (Å²) >= 11 is 6.13. The lowest BCUT2D eigenvalue weighted by Gasteiger charge is -2.40. The molecule has 5 rings (SSSR count). The molecule has 0 radical (unpaired) electrons. The molecular weight excluding hydrogens is 292 g/mol. The highest BCUT2D eigenvalue weighted by atomic mass is 35.5. The second-order valence-electron chi connectivity index (χ2n) is 7.24. The van der Waals surface area contributed by atoms with Crippen molar-refractivity contribution in [3.8, 4) is 0 Å². The minimum Gasteiger partial charge on any atom is -0.299 e. The van der Waals surface area contributed by atoms with Gasteiger partial charge in [-0.2, -0.15) is 0 Å². The molecule has 0 N–H and O–H groups in total. The maximum absolute atomic E-state index is 12.4. The average molecular weight is 309 g/mol. The molecule has 1 nitrogen and oxygen atoms in total. The van der Waals surface area contributed by atoms with E-state index in [2.05, 4.69) is 30.4 Å². The standard InChI is InChI=1S/C20H17ClO/c21-17-4-2-13-9-19-15(6-14(13)7-17)8-18(22)11-20(19)10-12-1-3-16(20)5-12/h1-4,6-7,9,12,16H,5,8,10-11H2. The number of rotatable bonds is 0. The number of allylic oxidation sites excluding steroid dienone is 2. The maximum Gasteiger partial charge on any atom is 0.138 e. The average Bonchev–Trinajstić information content (AvgIpc) is 3.06. The lowest BCUT2D eigenvalue weighted by molar-refractivity contribution is -0.120. The summed E-state index contributed by atoms with van der Waals surface area (Å²) in [5.41, 5.74) is 2.73. The highest BCUT2D eigenvalue weighted by Gasteiger charge is 2.52. The Morgan fingerprint density at radius 2 is 2.00 bits per heavy atom. The van der Waals surface area contributed by atoms with Crippen LogP contribution >= 0.6 is 11.6 Å². The highest BCUT2D eigenvalue weighted by molar-refractivity contribution is 6.31. The van der Waals surface area contributed by atoms with Crippen LogP contribution in [0.4, 0.5) is 0 Å². The molecule has 3 unspecified atom stereocenters. The fourth-order valence-electron chi connectivity index (χ4n) is 5.12. The Morgan fingerprint density at radius 3 is 2.77 bits per heavy atom. The van der Waals surface area contributed by atoms with Crippen LogP contribution in [0.15, 0.2) is 42.5 Å². The van der Waals surface area contributed by atoms with Crippen LogP contribution in [0.2, 0.25) is 5.02 Å². The lowest BCUT2D eigenvalue weighted by atomic mass is 9.62. The van der Waals surface area contributed by atoms with E-state index in [0.717, 1.165) is 23.3 Å². The van der Waals surface area contributed by atoms with Gasteiger partial charge < -0.3 is 0 Å². The quantitative estimate of drug-likeness (QED) is 0.636. The van der Waals surface area contributed by atoms with E-state index in [1.165, 1.54) is 22.9 Å². The number of hydrogen-bond donors (Lipinski definition) is 0. The van der Waals surface area contributed by atoms with Crippen LogP contribution in [0.25, 0.3) is 10.8 Å². The number of halogens is 1. The molecule has 0 heterocycles. The number of benzene rings is 2. The molecule has 3 aliphatic rings. The second-order valence-corrected chi connectivity index (χ2v) is 7.68. The van der Waals surface area contributed by atoms with Crippen LogP contribution in [0, 0.1) is 11.8 Å². The zero-order valence-corrected chi connectivity index (χ0v) is 13.1. The van der Waals surface area contributed by atoms with Crippen LogP contribution < -0.4 is 0 Å². The Labute approximate surface area is 135 Å². The molecule has 110 valence electrons. The number of carbonyl (C=O) groups excluding carboxylic acids is 1. The molecule has 0 amide bonds. The molecule has 0 saturated heterocycles. The Bertz CT molecular complexity index is 850. The van der Waals surface area contributed by atoms with E-state index in [-0.39, 0.29) is 5.41 Å². The van der Waals surface area contributed by atoms with Crippen molar-refractivity contribution in [3.05, 3.63) is 58.6 Å². The van der Waals surface area contributed by atoms with E-state index < -0.39 is 0 Å². The van der Waals surface area contributed by atoms with E-state index >= 15 is 0 Å². The monoisotopic (exact) mass is 308 g/mol. The third-order valence-corrected chi connectivity index (χ3v) is 6.20. The first-order valence-corrected chi connectivity index (χ1v) is 8.44. The predicted molar refractivity (Wildman–Crippen MR) is 89.3 cm³/mol. The van der Waals surface area contributed by atoms with Gasteiger partial charge in [-0.25, -0.2) is 0 Å². The summed E-state index contributed by atoms with van der Waals surface area (Å²) in [6, 6.07) is 10.6. The molecule has 2 aromatic rings. The fourth-order valence-corrected chi connectivity index (χ4v) is 5.30. The van der Waals surface area contributed by atoms with Gasteiger partial charge in [0.2, 0.25) is 0 Å². The van der Waals surface area contributed by atoms with Crippen molar-refractivity contribution in [3.63, 3.8) is 0 Å². The SMILES string of the molecule is O=C1Cc2cc3cc(Cl)ccc3cc2C2(C1)CC1C=CC2C1. The smallest absolute Gasteiger partial charge is 0.138 e. The molecule has 22 heavy (non-hydrogen) atoms. The van der Waals surface area contributed by atoms with Crippen molar-refractivity contribution in [1.82, 2.24) is 0 Å². The Morgan fingerprint density at radius 1 is 1.09 bits per heavy atom. The summed E-state index contributed by atoms with van der Waals surface area (Å²) in [5.74, 6) is 1.62. The van der Waals surface area contributed by atoms with Crippen molar-refractivity contribution >= 4 is 28.2 Å². The topological polar surface area (TPSA) is 17.1 Å². The third kappa shape index (κ3) is 1.63. The van der Waals surface area contributed by atoms with E-state index in [0.29, 0.717) is 24.0 Å². The highest BCUT2D eigenvalue weighted by Crippen LogP contribution is 2.57. The van der Waals surface area contributed by atoms with E-state index in [1.54, 1.807) is 0 Å². The number of Topliss-reactive ketones (excluding diaryl/α,β-unsaturated/α-hetero) is 1. The van der Waals surface area contributed by atoms with Crippen LogP contribution in [0.1, 0.15) is 30.4 Å². The van der Waals surface area contributed by atoms with Gasteiger partial charge in [-0.05, 0) is 58.7 Å². The molecule has 3 atom stereocenters. The minimum atomic E-state index is 0.0674. The van der Waals surface area contributed by atoms with Crippen molar-refractivity contribution in [2.45, 2.75) is 31.1 Å². The Hall–Kier alpha value is -1.60. The Kier molecular flexibility index (Phi) is 2.48. The van der Waals surface area contributed by atoms with Crippen molar-refractivity contribution < 1.29 is 4.79 Å². The summed E-state index contributed by atoms with van der Waals surface area (Å²) in [4.78, 5) is 12.4. The van der Waals surface area contributed by atoms with Crippen LogP contribution in [-0.4, -0.2) is 5.78 Å². The van der Waals surface area contributed by atoms with Crippen molar-refractivity contribution in [1.29, 1.82) is 0 Å². The Balaban J connectivity index is 1.78. The fraction of sp³-hybridized carbons (Fsp3) is 0.350. The van der Waals surface area contributed by atoms with Gasteiger partial charge >= 0.3 is 0 Å². The molecule has 2 heteroatoms. The van der Waals surface area contributed by atoms with Gasteiger partial charge in [0, 0.05) is 23.3 Å². The van der Waals surface area contributed by atoms with Gasteiger partial charge in [0.05, 0.1) is 0 Å². The van der Waals surface area contributed by atoms with Gasteiger partial charge in [0.25, 0.3) is 0 Å². The molecule has 2 bridgehead atoms. The summed E-state index contributed by atoms with van der Waals surface area (Å²) in [5, 5.41) is 3.14. The first-order valence-electron chi connectivity index (χ1n) is 8.07. The molecular formula is C20H17ClO. The first kappa shape index (κ1) is 12.9. The molecule has 3 aliphatic carbocycles. The van der Waals surface area contributed by atoms with Crippen LogP contribution in [0.3, 0.4) is 0 Å². The maximum atomic E-state index is 12.4. The van der Waals surface area contributed by atoms with Gasteiger partial charge in [-0.15, -0.1) is 0 Å². The molecule has 1 spiro atoms. The van der Waals surface area contributed by atoms with Crippen molar-refractivity contribution in [2.24, 2.45) is 11.8 Å². The number of fused-ring (bicyclic) bond motifs is 6. The number of hydrogen-bond acceptors (Lipinski definition) is 1. The summed E-state index contributed by atoms with van der Waals surface area (Å²) in [6.07, 6.45) is 8.40. The second kappa shape index (κ2) is 4.23. The number of carbonyl (C=O) groups is 1. The van der Waals surface area contributed by atoms with Gasteiger partial charge in [-0.1, -0.05) is 42.0 Å². The zero-order chi connectivity index (χ0) is 14.9. The predicted octanol–water partition coefficient (Wildman–Crippen LogP) is 4.84. The van der Waals surface area contributed by atoms with Gasteiger partial charge in [0.15, 0.2) is 0 Å². The van der Waals surface area contributed by atoms with Crippen LogP contribution in [0.5, 0.6) is 0 Å². The molecule has 1 saturated carbocycles. The van der Waals surface area contributed by atoms with E-state index in [4.69, 9.17) is 11.6 Å². The lowest BCUT2D eigenvalue weighted by Crippen LogP contribution is -2.38. The summed E-state index contributed by atoms with van der Waals surface area (Å²) in [7, 11) is 0. The van der Waals surface area contributed by atoms with E-state index in [1.807, 2.05) is 12.1 Å². The summed E-state index contributed by atoms with van der Waals surface area (Å²) in [6.45, 7) is 0. The van der Waals surface area contributed by atoms with Crippen LogP contribution in [-0.2, 0) is 16.6 Å².